The van der Waals surface area contributed by atoms with Crippen LogP contribution >= 0.6 is 34.8 Å². The van der Waals surface area contributed by atoms with E-state index in [1.807, 2.05) is 26.0 Å². The van der Waals surface area contributed by atoms with Crippen LogP contribution in [0.3, 0.4) is 0 Å². The number of carbonyl (C=O) groups is 2. The molecule has 3 rings (SSSR count). The normalized spacial score (nSPS) is 11.9. The SMILES string of the molecule is COc1cc(C=NNC(=O)C(NC(=O)c2ccc(Cl)cc2Cl)C(C)C)ccc1OCc1ccc(Cl)cc1. The number of nitrogens with zero attached hydrogens (tertiary/aromatic N) is 1. The highest BCUT2D eigenvalue weighted by atomic mass is 35.5. The van der Waals surface area contributed by atoms with Gasteiger partial charge in [-0.2, -0.15) is 5.10 Å². The van der Waals surface area contributed by atoms with Gasteiger partial charge in [0.1, 0.15) is 12.6 Å². The Kier molecular flexibility index (Phi) is 10.2. The van der Waals surface area contributed by atoms with Crippen molar-refractivity contribution in [2.75, 3.05) is 7.11 Å². The molecule has 3 aromatic rings. The lowest BCUT2D eigenvalue weighted by atomic mass is 10.0. The fourth-order valence-corrected chi connectivity index (χ4v) is 3.91. The number of rotatable bonds is 10. The third kappa shape index (κ3) is 8.12. The molecule has 0 spiro atoms. The van der Waals surface area contributed by atoms with Crippen molar-refractivity contribution in [1.29, 1.82) is 0 Å². The molecule has 0 aliphatic heterocycles. The van der Waals surface area contributed by atoms with Crippen molar-refractivity contribution in [1.82, 2.24) is 10.7 Å². The number of methoxy groups -OCH3 is 1. The van der Waals surface area contributed by atoms with E-state index < -0.39 is 17.9 Å². The second kappa shape index (κ2) is 13.3. The molecule has 0 saturated carbocycles. The van der Waals surface area contributed by atoms with Crippen molar-refractivity contribution >= 4 is 52.8 Å². The Morgan fingerprint density at radius 3 is 2.30 bits per heavy atom. The molecular formula is C27H26Cl3N3O4. The van der Waals surface area contributed by atoms with Gasteiger partial charge in [0.25, 0.3) is 11.8 Å². The lowest BCUT2D eigenvalue weighted by Crippen LogP contribution is -2.48. The molecule has 0 saturated heterocycles. The van der Waals surface area contributed by atoms with Crippen LogP contribution in [0.2, 0.25) is 15.1 Å². The largest absolute Gasteiger partial charge is 0.493 e. The maximum absolute atomic E-state index is 12.8. The smallest absolute Gasteiger partial charge is 0.262 e. The van der Waals surface area contributed by atoms with Crippen LogP contribution in [-0.2, 0) is 11.4 Å². The summed E-state index contributed by atoms with van der Waals surface area (Å²) in [5.74, 6) is -0.0983. The first-order chi connectivity index (χ1) is 17.7. The molecule has 1 unspecified atom stereocenters. The number of hydrazone groups is 1. The van der Waals surface area contributed by atoms with Crippen LogP contribution in [0.25, 0.3) is 0 Å². The molecule has 1 atom stereocenters. The average Bonchev–Trinajstić information content (AvgIpc) is 2.86. The van der Waals surface area contributed by atoms with Crippen molar-refractivity contribution in [3.05, 3.63) is 92.4 Å². The third-order valence-corrected chi connectivity index (χ3v) is 6.09. The van der Waals surface area contributed by atoms with E-state index in [1.54, 1.807) is 36.4 Å². The maximum Gasteiger partial charge on any atom is 0.262 e. The first-order valence-electron chi connectivity index (χ1n) is 11.3. The Hall–Kier alpha value is -3.26. The number of ether oxygens (including phenoxy) is 2. The summed E-state index contributed by atoms with van der Waals surface area (Å²) in [7, 11) is 1.54. The average molecular weight is 563 g/mol. The number of nitrogens with one attached hydrogen (secondary N) is 2. The van der Waals surface area contributed by atoms with Crippen LogP contribution in [-0.4, -0.2) is 31.2 Å². The summed E-state index contributed by atoms with van der Waals surface area (Å²) in [5.41, 5.74) is 4.33. The molecule has 0 fully saturated rings. The molecule has 194 valence electrons. The maximum atomic E-state index is 12.8. The van der Waals surface area contributed by atoms with Crippen molar-refractivity contribution in [3.63, 3.8) is 0 Å². The van der Waals surface area contributed by atoms with Gasteiger partial charge in [-0.15, -0.1) is 0 Å². The minimum absolute atomic E-state index is 0.195. The van der Waals surface area contributed by atoms with Crippen LogP contribution in [0.1, 0.15) is 35.3 Å². The Balaban J connectivity index is 1.62. The number of carbonyl (C=O) groups excluding carboxylic acids is 2. The van der Waals surface area contributed by atoms with Gasteiger partial charge >= 0.3 is 0 Å². The summed E-state index contributed by atoms with van der Waals surface area (Å²) >= 11 is 17.9. The molecule has 10 heteroatoms. The number of benzene rings is 3. The summed E-state index contributed by atoms with van der Waals surface area (Å²) in [5, 5.41) is 8.00. The summed E-state index contributed by atoms with van der Waals surface area (Å²) in [6.07, 6.45) is 1.47. The second-order valence-corrected chi connectivity index (χ2v) is 9.66. The quantitative estimate of drug-likeness (QED) is 0.229. The van der Waals surface area contributed by atoms with E-state index in [0.717, 1.165) is 5.56 Å². The molecule has 0 bridgehead atoms. The van der Waals surface area contributed by atoms with Gasteiger partial charge in [0.05, 0.1) is 23.9 Å². The van der Waals surface area contributed by atoms with E-state index in [-0.39, 0.29) is 16.5 Å². The first-order valence-corrected chi connectivity index (χ1v) is 12.5. The highest BCUT2D eigenvalue weighted by Gasteiger charge is 2.25. The molecule has 0 heterocycles. The summed E-state index contributed by atoms with van der Waals surface area (Å²) in [4.78, 5) is 25.4. The van der Waals surface area contributed by atoms with Gasteiger partial charge in [0.15, 0.2) is 11.5 Å². The van der Waals surface area contributed by atoms with Gasteiger partial charge in [-0.3, -0.25) is 9.59 Å². The molecule has 3 aromatic carbocycles. The van der Waals surface area contributed by atoms with Gasteiger partial charge in [-0.05, 0) is 65.6 Å². The van der Waals surface area contributed by atoms with Gasteiger partial charge < -0.3 is 14.8 Å². The van der Waals surface area contributed by atoms with Crippen molar-refractivity contribution < 1.29 is 19.1 Å². The van der Waals surface area contributed by atoms with Gasteiger partial charge in [0, 0.05) is 10.0 Å². The summed E-state index contributed by atoms with van der Waals surface area (Å²) < 4.78 is 11.3. The first kappa shape index (κ1) is 28.3. The van der Waals surface area contributed by atoms with Crippen LogP contribution < -0.4 is 20.2 Å². The van der Waals surface area contributed by atoms with E-state index >= 15 is 0 Å². The predicted molar refractivity (Wildman–Crippen MR) is 147 cm³/mol. The lowest BCUT2D eigenvalue weighted by Gasteiger charge is -2.20. The Bertz CT molecular complexity index is 1280. The number of amides is 2. The molecular weight excluding hydrogens is 537 g/mol. The van der Waals surface area contributed by atoms with E-state index in [4.69, 9.17) is 44.3 Å². The van der Waals surface area contributed by atoms with Crippen LogP contribution in [0.15, 0.2) is 65.8 Å². The van der Waals surface area contributed by atoms with Crippen LogP contribution in [0.5, 0.6) is 11.5 Å². The minimum Gasteiger partial charge on any atom is -0.493 e. The van der Waals surface area contributed by atoms with Crippen molar-refractivity contribution in [3.8, 4) is 11.5 Å². The molecule has 2 amide bonds. The number of halogens is 3. The van der Waals surface area contributed by atoms with Crippen LogP contribution in [0, 0.1) is 5.92 Å². The third-order valence-electron chi connectivity index (χ3n) is 5.30. The molecule has 0 aliphatic carbocycles. The fourth-order valence-electron chi connectivity index (χ4n) is 3.29. The van der Waals surface area contributed by atoms with Crippen molar-refractivity contribution in [2.45, 2.75) is 26.5 Å². The van der Waals surface area contributed by atoms with Gasteiger partial charge in [-0.25, -0.2) is 5.43 Å². The summed E-state index contributed by atoms with van der Waals surface area (Å²) in [6.45, 7) is 3.97. The molecule has 0 radical (unpaired) electrons. The van der Waals surface area contributed by atoms with E-state index in [1.165, 1.54) is 25.5 Å². The molecule has 0 aliphatic rings. The fraction of sp³-hybridized carbons (Fsp3) is 0.222. The van der Waals surface area contributed by atoms with E-state index in [0.29, 0.717) is 33.7 Å². The molecule has 2 N–H and O–H groups in total. The van der Waals surface area contributed by atoms with E-state index in [9.17, 15) is 9.59 Å². The highest BCUT2D eigenvalue weighted by Crippen LogP contribution is 2.28. The minimum atomic E-state index is -0.838. The van der Waals surface area contributed by atoms with E-state index in [2.05, 4.69) is 15.8 Å². The lowest BCUT2D eigenvalue weighted by molar-refractivity contribution is -0.123. The number of hydrogen-bond acceptors (Lipinski definition) is 5. The topological polar surface area (TPSA) is 89.0 Å². The zero-order chi connectivity index (χ0) is 26.9. The number of hydrogen-bond donors (Lipinski definition) is 2. The Morgan fingerprint density at radius 1 is 0.946 bits per heavy atom. The monoisotopic (exact) mass is 561 g/mol. The summed E-state index contributed by atoms with van der Waals surface area (Å²) in [6, 6.07) is 16.3. The van der Waals surface area contributed by atoms with Crippen molar-refractivity contribution in [2.24, 2.45) is 11.0 Å². The standard InChI is InChI=1S/C27H26Cl3N3O4/c1-16(2)25(32-26(34)21-10-9-20(29)13-22(21)30)27(35)33-31-14-18-6-11-23(24(12-18)36-3)37-15-17-4-7-19(28)8-5-17/h4-14,16,25H,15H2,1-3H3,(H,32,34)(H,33,35). The molecule has 7 nitrogen and oxygen atoms in total. The zero-order valence-electron chi connectivity index (χ0n) is 20.4. The highest BCUT2D eigenvalue weighted by molar-refractivity contribution is 6.36. The van der Waals surface area contributed by atoms with Gasteiger partial charge in [-0.1, -0.05) is 60.8 Å². The Morgan fingerprint density at radius 2 is 1.65 bits per heavy atom. The van der Waals surface area contributed by atoms with Gasteiger partial charge in [0.2, 0.25) is 0 Å². The predicted octanol–water partition coefficient (Wildman–Crippen LogP) is 6.14. The molecule has 37 heavy (non-hydrogen) atoms. The molecule has 0 aromatic heterocycles. The Labute approximate surface area is 230 Å². The zero-order valence-corrected chi connectivity index (χ0v) is 22.7. The van der Waals surface area contributed by atoms with Crippen LogP contribution in [0.4, 0.5) is 0 Å². The second-order valence-electron chi connectivity index (χ2n) is 8.38.